The number of Topliss-reactive ketones (excluding diaryl/α,β-unsaturated/α-hetero) is 1. The normalized spacial score (nSPS) is 15.5. The van der Waals surface area contributed by atoms with Crippen LogP contribution in [-0.2, 0) is 16.1 Å². The largest absolute Gasteiger partial charge is 0.335 e. The molecule has 1 aromatic carbocycles. The second-order valence-corrected chi connectivity index (χ2v) is 4.65. The second kappa shape index (κ2) is 5.65. The highest BCUT2D eigenvalue weighted by Crippen LogP contribution is 2.11. The van der Waals surface area contributed by atoms with E-state index in [0.717, 1.165) is 5.56 Å². The first kappa shape index (κ1) is 13.3. The van der Waals surface area contributed by atoms with Crippen LogP contribution in [0.3, 0.4) is 0 Å². The third kappa shape index (κ3) is 3.19. The molecule has 1 saturated heterocycles. The molecule has 1 fully saturated rings. The molecule has 0 spiro atoms. The first-order chi connectivity index (χ1) is 9.10. The number of amides is 2. The van der Waals surface area contributed by atoms with Crippen LogP contribution < -0.4 is 0 Å². The van der Waals surface area contributed by atoms with Crippen molar-refractivity contribution in [2.24, 2.45) is 0 Å². The van der Waals surface area contributed by atoms with Gasteiger partial charge in [0.25, 0.3) is 0 Å². The number of piperazine rings is 1. The first-order valence-corrected chi connectivity index (χ1v) is 6.17. The van der Waals surface area contributed by atoms with E-state index in [9.17, 15) is 14.4 Å². The minimum Gasteiger partial charge on any atom is -0.335 e. The van der Waals surface area contributed by atoms with Crippen LogP contribution in [0.1, 0.15) is 22.8 Å². The molecule has 0 atom stereocenters. The van der Waals surface area contributed by atoms with E-state index >= 15 is 0 Å². The summed E-state index contributed by atoms with van der Waals surface area (Å²) in [6.45, 7) is 3.22. The van der Waals surface area contributed by atoms with Crippen LogP contribution in [0.4, 0.5) is 0 Å². The molecule has 1 aliphatic rings. The predicted octanol–water partition coefficient (Wildman–Crippen LogP) is 0.690. The van der Waals surface area contributed by atoms with Gasteiger partial charge in [-0.2, -0.15) is 0 Å². The van der Waals surface area contributed by atoms with Crippen molar-refractivity contribution in [2.45, 2.75) is 13.5 Å². The van der Waals surface area contributed by atoms with Gasteiger partial charge in [-0.15, -0.1) is 0 Å². The summed E-state index contributed by atoms with van der Waals surface area (Å²) in [6.07, 6.45) is 0.700. The van der Waals surface area contributed by atoms with Crippen molar-refractivity contribution in [1.82, 2.24) is 9.80 Å². The van der Waals surface area contributed by atoms with Crippen LogP contribution in [0.5, 0.6) is 0 Å². The van der Waals surface area contributed by atoms with E-state index in [4.69, 9.17) is 0 Å². The molecule has 0 aliphatic carbocycles. The summed E-state index contributed by atoms with van der Waals surface area (Å²) >= 11 is 0. The number of nitrogens with zero attached hydrogens (tertiary/aromatic N) is 2. The molecule has 5 nitrogen and oxygen atoms in total. The average molecular weight is 260 g/mol. The number of benzene rings is 1. The number of hydrogen-bond acceptors (Lipinski definition) is 3. The molecule has 19 heavy (non-hydrogen) atoms. The molecule has 0 bridgehead atoms. The fraction of sp³-hybridized carbons (Fsp3) is 0.357. The van der Waals surface area contributed by atoms with E-state index in [2.05, 4.69) is 0 Å². The molecule has 2 rings (SSSR count). The van der Waals surface area contributed by atoms with E-state index in [1.165, 1.54) is 11.8 Å². The molecule has 1 aliphatic heterocycles. The molecular formula is C14H16N2O3. The minimum absolute atomic E-state index is 0.0129. The Bertz CT molecular complexity index is 513. The summed E-state index contributed by atoms with van der Waals surface area (Å²) in [5.74, 6) is -0.0504. The molecule has 1 heterocycles. The lowest BCUT2D eigenvalue weighted by atomic mass is 10.1. The van der Waals surface area contributed by atoms with Crippen LogP contribution in [0.15, 0.2) is 24.3 Å². The smallest absolute Gasteiger partial charge is 0.242 e. The van der Waals surface area contributed by atoms with Gasteiger partial charge in [-0.3, -0.25) is 14.4 Å². The van der Waals surface area contributed by atoms with E-state index in [-0.39, 0.29) is 18.2 Å². The Labute approximate surface area is 111 Å². The van der Waals surface area contributed by atoms with Crippen LogP contribution >= 0.6 is 0 Å². The van der Waals surface area contributed by atoms with Crippen LogP contribution in [-0.4, -0.2) is 47.5 Å². The zero-order chi connectivity index (χ0) is 13.8. The zero-order valence-corrected chi connectivity index (χ0v) is 10.8. The Hall–Kier alpha value is -2.17. The number of rotatable bonds is 4. The molecule has 2 amide bonds. The Morgan fingerprint density at radius 1 is 1.37 bits per heavy atom. The Kier molecular flexibility index (Phi) is 3.94. The monoisotopic (exact) mass is 260 g/mol. The summed E-state index contributed by atoms with van der Waals surface area (Å²) in [7, 11) is 0. The highest BCUT2D eigenvalue weighted by atomic mass is 16.2. The van der Waals surface area contributed by atoms with Gasteiger partial charge in [0.2, 0.25) is 12.3 Å². The van der Waals surface area contributed by atoms with Gasteiger partial charge in [0.15, 0.2) is 5.78 Å². The van der Waals surface area contributed by atoms with E-state index in [0.29, 0.717) is 31.6 Å². The number of carbonyl (C=O) groups is 3. The molecule has 1 aromatic rings. The van der Waals surface area contributed by atoms with Crippen molar-refractivity contribution < 1.29 is 14.4 Å². The summed E-state index contributed by atoms with van der Waals surface area (Å²) in [5, 5.41) is 0. The van der Waals surface area contributed by atoms with Crippen LogP contribution in [0.25, 0.3) is 0 Å². The SMILES string of the molecule is CC(=O)c1cccc(CN2CCN(C=O)CC2=O)c1. The van der Waals surface area contributed by atoms with E-state index < -0.39 is 0 Å². The molecule has 0 radical (unpaired) electrons. The standard InChI is InChI=1S/C14H16N2O3/c1-11(18)13-4-2-3-12(7-13)8-16-6-5-15(10-17)9-14(16)19/h2-4,7,10H,5-6,8-9H2,1H3. The molecule has 0 saturated carbocycles. The molecule has 0 N–H and O–H groups in total. The number of carbonyl (C=O) groups excluding carboxylic acids is 3. The third-order valence-electron chi connectivity index (χ3n) is 3.20. The van der Waals surface area contributed by atoms with Crippen LogP contribution in [0.2, 0.25) is 0 Å². The average Bonchev–Trinajstić information content (AvgIpc) is 2.41. The van der Waals surface area contributed by atoms with Crippen molar-refractivity contribution >= 4 is 18.1 Å². The third-order valence-corrected chi connectivity index (χ3v) is 3.20. The predicted molar refractivity (Wildman–Crippen MR) is 69.5 cm³/mol. The maximum Gasteiger partial charge on any atom is 0.242 e. The van der Waals surface area contributed by atoms with E-state index in [1.54, 1.807) is 11.0 Å². The fourth-order valence-corrected chi connectivity index (χ4v) is 2.09. The zero-order valence-electron chi connectivity index (χ0n) is 10.8. The van der Waals surface area contributed by atoms with Gasteiger partial charge in [0, 0.05) is 25.2 Å². The number of hydrogen-bond donors (Lipinski definition) is 0. The lowest BCUT2D eigenvalue weighted by Gasteiger charge is -2.32. The molecular weight excluding hydrogens is 244 g/mol. The quantitative estimate of drug-likeness (QED) is 0.591. The Morgan fingerprint density at radius 2 is 2.16 bits per heavy atom. The highest BCUT2D eigenvalue weighted by Gasteiger charge is 2.22. The highest BCUT2D eigenvalue weighted by molar-refractivity contribution is 5.94. The van der Waals surface area contributed by atoms with Crippen molar-refractivity contribution in [3.63, 3.8) is 0 Å². The van der Waals surface area contributed by atoms with Crippen molar-refractivity contribution in [1.29, 1.82) is 0 Å². The van der Waals surface area contributed by atoms with Crippen molar-refractivity contribution in [3.05, 3.63) is 35.4 Å². The Balaban J connectivity index is 2.05. The van der Waals surface area contributed by atoms with Gasteiger partial charge < -0.3 is 9.80 Å². The molecule has 100 valence electrons. The minimum atomic E-state index is -0.0634. The van der Waals surface area contributed by atoms with Crippen LogP contribution in [0, 0.1) is 0 Å². The number of ketones is 1. The topological polar surface area (TPSA) is 57.7 Å². The summed E-state index contributed by atoms with van der Waals surface area (Å²) in [4.78, 5) is 36.9. The first-order valence-electron chi connectivity index (χ1n) is 6.17. The molecule has 0 aromatic heterocycles. The van der Waals surface area contributed by atoms with Crippen molar-refractivity contribution in [3.8, 4) is 0 Å². The fourth-order valence-electron chi connectivity index (χ4n) is 2.09. The second-order valence-electron chi connectivity index (χ2n) is 4.65. The Morgan fingerprint density at radius 3 is 2.79 bits per heavy atom. The maximum absolute atomic E-state index is 11.8. The molecule has 5 heteroatoms. The van der Waals surface area contributed by atoms with Gasteiger partial charge in [-0.1, -0.05) is 18.2 Å². The van der Waals surface area contributed by atoms with Gasteiger partial charge in [0.05, 0.1) is 6.54 Å². The van der Waals surface area contributed by atoms with Gasteiger partial charge >= 0.3 is 0 Å². The van der Waals surface area contributed by atoms with E-state index in [1.807, 2.05) is 18.2 Å². The summed E-state index contributed by atoms with van der Waals surface area (Å²) < 4.78 is 0. The van der Waals surface area contributed by atoms with Gasteiger partial charge in [-0.05, 0) is 18.6 Å². The lowest BCUT2D eigenvalue weighted by molar-refractivity contribution is -0.140. The lowest BCUT2D eigenvalue weighted by Crippen LogP contribution is -2.49. The van der Waals surface area contributed by atoms with Crippen molar-refractivity contribution in [2.75, 3.05) is 19.6 Å². The van der Waals surface area contributed by atoms with Gasteiger partial charge in [0.1, 0.15) is 0 Å². The maximum atomic E-state index is 11.8. The summed E-state index contributed by atoms with van der Waals surface area (Å²) in [6, 6.07) is 7.28. The molecule has 0 unspecified atom stereocenters. The van der Waals surface area contributed by atoms with Gasteiger partial charge in [-0.25, -0.2) is 0 Å². The summed E-state index contributed by atoms with van der Waals surface area (Å²) in [5.41, 5.74) is 1.58.